The number of aromatic nitrogens is 2. The Morgan fingerprint density at radius 2 is 2.25 bits per heavy atom. The van der Waals surface area contributed by atoms with Crippen molar-refractivity contribution in [2.24, 2.45) is 5.73 Å². The van der Waals surface area contributed by atoms with Crippen LogP contribution in [0.2, 0.25) is 0 Å². The first-order valence-corrected chi connectivity index (χ1v) is 6.86. The topological polar surface area (TPSA) is 72.9 Å². The van der Waals surface area contributed by atoms with E-state index in [1.807, 2.05) is 25.1 Å². The maximum absolute atomic E-state index is 12.1. The normalized spacial score (nSPS) is 10.5. The monoisotopic (exact) mass is 272 g/mol. The van der Waals surface area contributed by atoms with Gasteiger partial charge in [0.25, 0.3) is 5.56 Å². The van der Waals surface area contributed by atoms with Gasteiger partial charge in [0.1, 0.15) is 0 Å². The predicted octanol–water partition coefficient (Wildman–Crippen LogP) is 1.90. The van der Waals surface area contributed by atoms with Crippen LogP contribution in [0.15, 0.2) is 41.5 Å². The van der Waals surface area contributed by atoms with Crippen LogP contribution in [0.5, 0.6) is 0 Å². The van der Waals surface area contributed by atoms with E-state index in [0.29, 0.717) is 18.9 Å². The van der Waals surface area contributed by atoms with Gasteiger partial charge < -0.3 is 15.6 Å². The van der Waals surface area contributed by atoms with E-state index < -0.39 is 0 Å². The van der Waals surface area contributed by atoms with E-state index in [0.717, 1.165) is 18.5 Å². The summed E-state index contributed by atoms with van der Waals surface area (Å²) in [5, 5.41) is 3.09. The van der Waals surface area contributed by atoms with Crippen molar-refractivity contribution in [1.29, 1.82) is 0 Å². The van der Waals surface area contributed by atoms with Gasteiger partial charge in [-0.3, -0.25) is 4.79 Å². The van der Waals surface area contributed by atoms with Crippen molar-refractivity contribution in [3.05, 3.63) is 52.6 Å². The van der Waals surface area contributed by atoms with Crippen LogP contribution in [0, 0.1) is 0 Å². The summed E-state index contributed by atoms with van der Waals surface area (Å²) in [5.74, 6) is 0.352. The van der Waals surface area contributed by atoms with E-state index in [1.165, 1.54) is 5.56 Å². The summed E-state index contributed by atoms with van der Waals surface area (Å²) in [6.07, 6.45) is 5.21. The van der Waals surface area contributed by atoms with E-state index in [4.69, 9.17) is 5.73 Å². The number of benzene rings is 1. The Hall–Kier alpha value is -2.14. The Morgan fingerprint density at radius 1 is 1.40 bits per heavy atom. The Balaban J connectivity index is 2.20. The number of nitrogens with one attached hydrogen (secondary N) is 1. The lowest BCUT2D eigenvalue weighted by Gasteiger charge is -2.09. The Labute approximate surface area is 118 Å². The van der Waals surface area contributed by atoms with Gasteiger partial charge in [0.2, 0.25) is 0 Å². The highest BCUT2D eigenvalue weighted by Crippen LogP contribution is 2.14. The van der Waals surface area contributed by atoms with Crippen LogP contribution in [-0.4, -0.2) is 16.1 Å². The molecular weight excluding hydrogens is 252 g/mol. The standard InChI is InChI=1S/C15H20N4O/c1-2-19-10-9-17-14(15(19)20)18-13-7-3-5-12(11-13)6-4-8-16/h3,5,7,9-11H,2,4,6,8,16H2,1H3,(H,17,18). The van der Waals surface area contributed by atoms with Crippen molar-refractivity contribution in [2.45, 2.75) is 26.3 Å². The van der Waals surface area contributed by atoms with Crippen LogP contribution in [0.1, 0.15) is 18.9 Å². The summed E-state index contributed by atoms with van der Waals surface area (Å²) in [6.45, 7) is 3.24. The van der Waals surface area contributed by atoms with Crippen molar-refractivity contribution in [3.8, 4) is 0 Å². The van der Waals surface area contributed by atoms with Crippen LogP contribution in [0.4, 0.5) is 11.5 Å². The van der Waals surface area contributed by atoms with Gasteiger partial charge in [-0.25, -0.2) is 4.98 Å². The summed E-state index contributed by atoms with van der Waals surface area (Å²) in [4.78, 5) is 16.2. The molecule has 1 aromatic carbocycles. The average molecular weight is 272 g/mol. The van der Waals surface area contributed by atoms with Crippen LogP contribution < -0.4 is 16.6 Å². The summed E-state index contributed by atoms with van der Waals surface area (Å²) in [5.41, 5.74) is 7.49. The number of anilines is 2. The molecule has 3 N–H and O–H groups in total. The second-order valence-electron chi connectivity index (χ2n) is 4.58. The third-order valence-corrected chi connectivity index (χ3v) is 3.11. The first kappa shape index (κ1) is 14.3. The molecule has 106 valence electrons. The van der Waals surface area contributed by atoms with Crippen molar-refractivity contribution >= 4 is 11.5 Å². The molecule has 2 rings (SSSR count). The molecular formula is C15H20N4O. The molecule has 1 heterocycles. The highest BCUT2D eigenvalue weighted by atomic mass is 16.1. The molecule has 0 aliphatic carbocycles. The molecule has 2 aromatic rings. The molecule has 0 fully saturated rings. The SMILES string of the molecule is CCn1ccnc(Nc2cccc(CCCN)c2)c1=O. The summed E-state index contributed by atoms with van der Waals surface area (Å²) in [7, 11) is 0. The molecule has 0 aliphatic rings. The number of hydrogen-bond donors (Lipinski definition) is 2. The molecule has 5 nitrogen and oxygen atoms in total. The quantitative estimate of drug-likeness (QED) is 0.842. The third kappa shape index (κ3) is 3.45. The van der Waals surface area contributed by atoms with Gasteiger partial charge in [0, 0.05) is 24.6 Å². The molecule has 0 bridgehead atoms. The Kier molecular flexibility index (Phi) is 4.90. The molecule has 0 saturated heterocycles. The third-order valence-electron chi connectivity index (χ3n) is 3.11. The van der Waals surface area contributed by atoms with Gasteiger partial charge >= 0.3 is 0 Å². The fourth-order valence-electron chi connectivity index (χ4n) is 2.03. The average Bonchev–Trinajstić information content (AvgIpc) is 2.48. The van der Waals surface area contributed by atoms with Gasteiger partial charge in [0.05, 0.1) is 0 Å². The summed E-state index contributed by atoms with van der Waals surface area (Å²) >= 11 is 0. The molecule has 20 heavy (non-hydrogen) atoms. The lowest BCUT2D eigenvalue weighted by molar-refractivity contribution is 0.720. The molecule has 1 aromatic heterocycles. The number of rotatable bonds is 6. The molecule has 0 saturated carbocycles. The van der Waals surface area contributed by atoms with Gasteiger partial charge in [-0.1, -0.05) is 12.1 Å². The largest absolute Gasteiger partial charge is 0.336 e. The van der Waals surface area contributed by atoms with E-state index in [-0.39, 0.29) is 5.56 Å². The zero-order valence-electron chi connectivity index (χ0n) is 11.7. The van der Waals surface area contributed by atoms with E-state index in [2.05, 4.69) is 16.4 Å². The van der Waals surface area contributed by atoms with Crippen LogP contribution >= 0.6 is 0 Å². The number of nitrogens with two attached hydrogens (primary N) is 1. The minimum atomic E-state index is -0.109. The molecule has 5 heteroatoms. The zero-order valence-corrected chi connectivity index (χ0v) is 11.7. The van der Waals surface area contributed by atoms with Gasteiger partial charge in [-0.15, -0.1) is 0 Å². The summed E-state index contributed by atoms with van der Waals surface area (Å²) in [6, 6.07) is 7.98. The molecule has 0 spiro atoms. The van der Waals surface area contributed by atoms with Gasteiger partial charge in [-0.05, 0) is 44.0 Å². The Morgan fingerprint density at radius 3 is 3.00 bits per heavy atom. The van der Waals surface area contributed by atoms with E-state index in [1.54, 1.807) is 17.0 Å². The number of hydrogen-bond acceptors (Lipinski definition) is 4. The fraction of sp³-hybridized carbons (Fsp3) is 0.333. The molecule has 0 radical (unpaired) electrons. The minimum Gasteiger partial charge on any atom is -0.336 e. The zero-order chi connectivity index (χ0) is 14.4. The first-order valence-electron chi connectivity index (χ1n) is 6.86. The first-order chi connectivity index (χ1) is 9.74. The van der Waals surface area contributed by atoms with Crippen LogP contribution in [0.25, 0.3) is 0 Å². The number of aryl methyl sites for hydroxylation is 2. The molecule has 0 atom stereocenters. The second-order valence-corrected chi connectivity index (χ2v) is 4.58. The summed E-state index contributed by atoms with van der Waals surface area (Å²) < 4.78 is 1.62. The Bertz CT molecular complexity index is 621. The van der Waals surface area contributed by atoms with Gasteiger partial charge in [0.15, 0.2) is 5.82 Å². The number of nitrogens with zero attached hydrogens (tertiary/aromatic N) is 2. The van der Waals surface area contributed by atoms with Crippen LogP contribution in [0.3, 0.4) is 0 Å². The second kappa shape index (κ2) is 6.86. The van der Waals surface area contributed by atoms with E-state index >= 15 is 0 Å². The van der Waals surface area contributed by atoms with Crippen molar-refractivity contribution in [3.63, 3.8) is 0 Å². The van der Waals surface area contributed by atoms with Crippen molar-refractivity contribution in [2.75, 3.05) is 11.9 Å². The van der Waals surface area contributed by atoms with Gasteiger partial charge in [-0.2, -0.15) is 0 Å². The van der Waals surface area contributed by atoms with Crippen molar-refractivity contribution in [1.82, 2.24) is 9.55 Å². The smallest absolute Gasteiger partial charge is 0.293 e. The van der Waals surface area contributed by atoms with E-state index in [9.17, 15) is 4.79 Å². The minimum absolute atomic E-state index is 0.109. The molecule has 0 unspecified atom stereocenters. The molecule has 0 amide bonds. The maximum atomic E-state index is 12.1. The predicted molar refractivity (Wildman–Crippen MR) is 81.3 cm³/mol. The highest BCUT2D eigenvalue weighted by molar-refractivity contribution is 5.56. The lowest BCUT2D eigenvalue weighted by Crippen LogP contribution is -2.22. The molecule has 0 aliphatic heterocycles. The maximum Gasteiger partial charge on any atom is 0.293 e. The van der Waals surface area contributed by atoms with Crippen LogP contribution in [-0.2, 0) is 13.0 Å². The lowest BCUT2D eigenvalue weighted by atomic mass is 10.1. The van der Waals surface area contributed by atoms with Crippen molar-refractivity contribution < 1.29 is 0 Å². The highest BCUT2D eigenvalue weighted by Gasteiger charge is 2.04. The fourth-order valence-corrected chi connectivity index (χ4v) is 2.03.